The number of nitrogen functional groups attached to an aromatic ring is 1. The van der Waals surface area contributed by atoms with Crippen molar-refractivity contribution >= 4 is 16.9 Å². The molecule has 0 saturated carbocycles. The quantitative estimate of drug-likeness (QED) is 0.764. The second-order valence-electron chi connectivity index (χ2n) is 7.60. The molecule has 5 heteroatoms. The summed E-state index contributed by atoms with van der Waals surface area (Å²) in [5, 5.41) is 0.585. The third-order valence-electron chi connectivity index (χ3n) is 5.36. The van der Waals surface area contributed by atoms with Crippen molar-refractivity contribution < 1.29 is 4.74 Å². The highest BCUT2D eigenvalue weighted by Crippen LogP contribution is 2.27. The first-order valence-corrected chi connectivity index (χ1v) is 9.54. The molecule has 0 unspecified atom stereocenters. The molecule has 1 saturated heterocycles. The standard InChI is InChI=1S/C22H25N3O2/c1-14(2)20-11-9-17(27-20)13-25-21(26)18-10-8-16(12-19(18)24-22(25)23)15-6-4-3-5-7-15/h3-8,10,12,14,17,20H,9,11,13H2,1-2H3,(H2,23,24)/t17-,20+/m0/s1. The van der Waals surface area contributed by atoms with E-state index in [4.69, 9.17) is 10.5 Å². The summed E-state index contributed by atoms with van der Waals surface area (Å²) in [6.07, 6.45) is 2.24. The van der Waals surface area contributed by atoms with E-state index in [-0.39, 0.29) is 23.7 Å². The summed E-state index contributed by atoms with van der Waals surface area (Å²) >= 11 is 0. The number of rotatable bonds is 4. The van der Waals surface area contributed by atoms with Gasteiger partial charge < -0.3 is 10.5 Å². The minimum absolute atomic E-state index is 0.0141. The van der Waals surface area contributed by atoms with Crippen molar-refractivity contribution in [2.24, 2.45) is 5.92 Å². The number of anilines is 1. The molecule has 4 rings (SSSR count). The van der Waals surface area contributed by atoms with Crippen LogP contribution in [0.2, 0.25) is 0 Å². The van der Waals surface area contributed by atoms with Gasteiger partial charge in [-0.2, -0.15) is 0 Å². The Bertz CT molecular complexity index is 1010. The Morgan fingerprint density at radius 1 is 1.15 bits per heavy atom. The van der Waals surface area contributed by atoms with Crippen LogP contribution >= 0.6 is 0 Å². The van der Waals surface area contributed by atoms with Gasteiger partial charge in [0, 0.05) is 0 Å². The number of hydrogen-bond donors (Lipinski definition) is 1. The molecule has 2 aromatic carbocycles. The van der Waals surface area contributed by atoms with Crippen molar-refractivity contribution in [1.29, 1.82) is 0 Å². The Balaban J connectivity index is 1.67. The van der Waals surface area contributed by atoms with Gasteiger partial charge in [-0.3, -0.25) is 9.36 Å². The summed E-state index contributed by atoms with van der Waals surface area (Å²) in [5.41, 5.74) is 8.77. The molecule has 1 aliphatic rings. The van der Waals surface area contributed by atoms with Crippen LogP contribution in [0.5, 0.6) is 0 Å². The highest BCUT2D eigenvalue weighted by Gasteiger charge is 2.28. The van der Waals surface area contributed by atoms with E-state index >= 15 is 0 Å². The fourth-order valence-corrected chi connectivity index (χ4v) is 3.79. The fraction of sp³-hybridized carbons (Fsp3) is 0.364. The zero-order valence-corrected chi connectivity index (χ0v) is 15.8. The summed E-state index contributed by atoms with van der Waals surface area (Å²) in [4.78, 5) is 17.5. The molecule has 140 valence electrons. The van der Waals surface area contributed by atoms with E-state index in [1.165, 1.54) is 0 Å². The Morgan fingerprint density at radius 3 is 2.63 bits per heavy atom. The van der Waals surface area contributed by atoms with Crippen LogP contribution in [0.3, 0.4) is 0 Å². The van der Waals surface area contributed by atoms with Crippen molar-refractivity contribution in [3.8, 4) is 11.1 Å². The van der Waals surface area contributed by atoms with Crippen molar-refractivity contribution in [3.63, 3.8) is 0 Å². The fourth-order valence-electron chi connectivity index (χ4n) is 3.79. The van der Waals surface area contributed by atoms with Crippen LogP contribution < -0.4 is 11.3 Å². The van der Waals surface area contributed by atoms with Crippen LogP contribution in [-0.2, 0) is 11.3 Å². The molecule has 0 radical (unpaired) electrons. The van der Waals surface area contributed by atoms with E-state index in [9.17, 15) is 4.79 Å². The summed E-state index contributed by atoms with van der Waals surface area (Å²) < 4.78 is 7.64. The number of benzene rings is 2. The third-order valence-corrected chi connectivity index (χ3v) is 5.36. The number of aromatic nitrogens is 2. The zero-order valence-electron chi connectivity index (χ0n) is 15.8. The second kappa shape index (κ2) is 7.16. The summed E-state index contributed by atoms with van der Waals surface area (Å²) in [6, 6.07) is 15.8. The topological polar surface area (TPSA) is 70.1 Å². The third kappa shape index (κ3) is 3.47. The molecule has 5 nitrogen and oxygen atoms in total. The van der Waals surface area contributed by atoms with Gasteiger partial charge in [0.1, 0.15) is 0 Å². The minimum atomic E-state index is -0.103. The normalized spacial score (nSPS) is 19.8. The highest BCUT2D eigenvalue weighted by atomic mass is 16.5. The van der Waals surface area contributed by atoms with E-state index in [0.717, 1.165) is 24.0 Å². The number of fused-ring (bicyclic) bond motifs is 1. The Kier molecular flexibility index (Phi) is 4.70. The van der Waals surface area contributed by atoms with Crippen LogP contribution in [-0.4, -0.2) is 21.8 Å². The molecule has 1 aromatic heterocycles. The molecular formula is C22H25N3O2. The number of ether oxygens (including phenoxy) is 1. The average molecular weight is 363 g/mol. The predicted molar refractivity (Wildman–Crippen MR) is 109 cm³/mol. The van der Waals surface area contributed by atoms with Crippen molar-refractivity contribution in [2.45, 2.75) is 45.4 Å². The monoisotopic (exact) mass is 363 g/mol. The lowest BCUT2D eigenvalue weighted by Gasteiger charge is -2.18. The summed E-state index contributed by atoms with van der Waals surface area (Å²) in [6.45, 7) is 4.78. The molecule has 0 bridgehead atoms. The van der Waals surface area contributed by atoms with Gasteiger partial charge in [-0.15, -0.1) is 0 Å². The first-order chi connectivity index (χ1) is 13.0. The molecule has 2 N–H and O–H groups in total. The molecule has 27 heavy (non-hydrogen) atoms. The lowest BCUT2D eigenvalue weighted by Crippen LogP contribution is -2.30. The van der Waals surface area contributed by atoms with Gasteiger partial charge in [-0.25, -0.2) is 4.98 Å². The van der Waals surface area contributed by atoms with Crippen molar-refractivity contribution in [2.75, 3.05) is 5.73 Å². The number of nitrogens with two attached hydrogens (primary N) is 1. The number of hydrogen-bond acceptors (Lipinski definition) is 4. The van der Waals surface area contributed by atoms with E-state index in [1.807, 2.05) is 48.5 Å². The number of nitrogens with zero attached hydrogens (tertiary/aromatic N) is 2. The van der Waals surface area contributed by atoms with E-state index in [2.05, 4.69) is 18.8 Å². The average Bonchev–Trinajstić information content (AvgIpc) is 3.14. The van der Waals surface area contributed by atoms with Crippen molar-refractivity contribution in [1.82, 2.24) is 9.55 Å². The maximum Gasteiger partial charge on any atom is 0.262 e. The van der Waals surface area contributed by atoms with Crippen molar-refractivity contribution in [3.05, 3.63) is 58.9 Å². The second-order valence-corrected chi connectivity index (χ2v) is 7.60. The first-order valence-electron chi connectivity index (χ1n) is 9.54. The van der Waals surface area contributed by atoms with Gasteiger partial charge in [0.05, 0.1) is 29.7 Å². The molecule has 2 atom stereocenters. The molecule has 0 amide bonds. The van der Waals surface area contributed by atoms with Gasteiger partial charge in [-0.1, -0.05) is 50.2 Å². The SMILES string of the molecule is CC(C)[C@H]1CC[C@@H](Cn2c(N)nc3cc(-c4ccccc4)ccc3c2=O)O1. The first kappa shape index (κ1) is 17.7. The van der Waals surface area contributed by atoms with E-state index in [0.29, 0.717) is 23.4 Å². The molecule has 0 spiro atoms. The van der Waals surface area contributed by atoms with Gasteiger partial charge in [0.15, 0.2) is 0 Å². The molecule has 3 aromatic rings. The smallest absolute Gasteiger partial charge is 0.262 e. The van der Waals surface area contributed by atoms with Crippen LogP contribution in [0.4, 0.5) is 5.95 Å². The highest BCUT2D eigenvalue weighted by molar-refractivity contribution is 5.84. The molecule has 0 aliphatic carbocycles. The minimum Gasteiger partial charge on any atom is -0.373 e. The summed E-state index contributed by atoms with van der Waals surface area (Å²) in [5.74, 6) is 0.726. The predicted octanol–water partition coefficient (Wildman–Crippen LogP) is 3.85. The van der Waals surface area contributed by atoms with Crippen LogP contribution in [0.25, 0.3) is 22.0 Å². The maximum absolute atomic E-state index is 13.0. The van der Waals surface area contributed by atoms with Crippen LogP contribution in [0.1, 0.15) is 26.7 Å². The Labute approximate surface area is 158 Å². The molecule has 1 fully saturated rings. The van der Waals surface area contributed by atoms with Gasteiger partial charge in [0.2, 0.25) is 5.95 Å². The van der Waals surface area contributed by atoms with Gasteiger partial charge in [-0.05, 0) is 42.0 Å². The van der Waals surface area contributed by atoms with Gasteiger partial charge in [0.25, 0.3) is 5.56 Å². The summed E-state index contributed by atoms with van der Waals surface area (Å²) in [7, 11) is 0. The lowest BCUT2D eigenvalue weighted by molar-refractivity contribution is 0.0116. The Hall–Kier alpha value is -2.66. The van der Waals surface area contributed by atoms with Gasteiger partial charge >= 0.3 is 0 Å². The molecule has 2 heterocycles. The van der Waals surface area contributed by atoms with Crippen LogP contribution in [0, 0.1) is 5.92 Å². The largest absolute Gasteiger partial charge is 0.373 e. The van der Waals surface area contributed by atoms with E-state index < -0.39 is 0 Å². The van der Waals surface area contributed by atoms with Crippen LogP contribution in [0.15, 0.2) is 53.3 Å². The Morgan fingerprint density at radius 2 is 1.93 bits per heavy atom. The maximum atomic E-state index is 13.0. The van der Waals surface area contributed by atoms with E-state index in [1.54, 1.807) is 4.57 Å². The molecule has 1 aliphatic heterocycles. The zero-order chi connectivity index (χ0) is 19.0. The lowest BCUT2D eigenvalue weighted by atomic mass is 10.0. The molecular weight excluding hydrogens is 338 g/mol.